The molecule has 1 aliphatic rings. The third-order valence-electron chi connectivity index (χ3n) is 5.29. The molecule has 0 heterocycles. The number of rotatable bonds is 7. The van der Waals surface area contributed by atoms with Crippen molar-refractivity contribution in [3.8, 4) is 18.1 Å². The molecule has 0 N–H and O–H groups in total. The third kappa shape index (κ3) is 4.25. The van der Waals surface area contributed by atoms with Crippen molar-refractivity contribution in [2.24, 2.45) is 17.3 Å². The summed E-state index contributed by atoms with van der Waals surface area (Å²) in [5, 5.41) is 0. The van der Waals surface area contributed by atoms with Crippen molar-refractivity contribution in [3.05, 3.63) is 35.4 Å². The first kappa shape index (κ1) is 19.1. The quantitative estimate of drug-likeness (QED) is 0.532. The minimum absolute atomic E-state index is 0.00142. The molecule has 0 aliphatic heterocycles. The average molecular weight is 340 g/mol. The van der Waals surface area contributed by atoms with E-state index in [0.717, 1.165) is 23.3 Å². The van der Waals surface area contributed by atoms with E-state index in [0.29, 0.717) is 12.5 Å². The molecule has 1 aromatic carbocycles. The van der Waals surface area contributed by atoms with Crippen LogP contribution in [0.25, 0.3) is 6.08 Å². The van der Waals surface area contributed by atoms with Crippen LogP contribution >= 0.6 is 0 Å². The molecule has 0 spiro atoms. The van der Waals surface area contributed by atoms with Crippen molar-refractivity contribution in [1.82, 2.24) is 0 Å². The molecule has 3 heteroatoms. The summed E-state index contributed by atoms with van der Waals surface area (Å²) in [5.41, 5.74) is 1.93. The highest BCUT2D eigenvalue weighted by atomic mass is 16.5. The van der Waals surface area contributed by atoms with Gasteiger partial charge in [-0.25, -0.2) is 0 Å². The van der Waals surface area contributed by atoms with E-state index in [2.05, 4.69) is 26.7 Å². The number of hydrogen-bond donors (Lipinski definition) is 0. The second-order valence-electron chi connectivity index (χ2n) is 7.15. The molecule has 1 aliphatic carbocycles. The van der Waals surface area contributed by atoms with E-state index in [1.807, 2.05) is 44.2 Å². The van der Waals surface area contributed by atoms with Crippen molar-refractivity contribution in [1.29, 1.82) is 0 Å². The molecule has 134 valence electrons. The van der Waals surface area contributed by atoms with Gasteiger partial charge in [-0.2, -0.15) is 0 Å². The Morgan fingerprint density at radius 1 is 1.32 bits per heavy atom. The topological polar surface area (TPSA) is 35.5 Å². The number of terminal acetylenes is 1. The van der Waals surface area contributed by atoms with E-state index in [4.69, 9.17) is 15.9 Å². The lowest BCUT2D eigenvalue weighted by atomic mass is 10.0. The molecule has 0 radical (unpaired) electrons. The molecular formula is C22H28O3. The molecule has 2 rings (SSSR count). The maximum atomic E-state index is 12.4. The Balaban J connectivity index is 2.11. The molecule has 3 nitrogen and oxygen atoms in total. The Labute approximate surface area is 151 Å². The molecule has 0 aromatic heterocycles. The molecule has 0 bridgehead atoms. The Hall–Kier alpha value is -2.21. The van der Waals surface area contributed by atoms with Crippen molar-refractivity contribution < 1.29 is 14.3 Å². The van der Waals surface area contributed by atoms with Crippen LogP contribution < -0.4 is 4.74 Å². The van der Waals surface area contributed by atoms with Crippen LogP contribution in [0.4, 0.5) is 0 Å². The maximum Gasteiger partial charge on any atom is 0.311 e. The fourth-order valence-corrected chi connectivity index (χ4v) is 3.21. The zero-order chi connectivity index (χ0) is 18.6. The van der Waals surface area contributed by atoms with Gasteiger partial charge in [-0.05, 0) is 47.9 Å². The van der Waals surface area contributed by atoms with Gasteiger partial charge in [-0.1, -0.05) is 51.8 Å². The third-order valence-corrected chi connectivity index (χ3v) is 5.29. The van der Waals surface area contributed by atoms with Gasteiger partial charge in [0.05, 0.1) is 12.5 Å². The van der Waals surface area contributed by atoms with Crippen molar-refractivity contribution in [2.45, 2.75) is 47.1 Å². The first-order chi connectivity index (χ1) is 11.8. The molecule has 3 atom stereocenters. The van der Waals surface area contributed by atoms with Crippen LogP contribution in [0.1, 0.15) is 46.6 Å². The zero-order valence-corrected chi connectivity index (χ0v) is 15.8. The van der Waals surface area contributed by atoms with E-state index < -0.39 is 6.10 Å². The van der Waals surface area contributed by atoms with Crippen LogP contribution in [0.5, 0.6) is 5.75 Å². The maximum absolute atomic E-state index is 12.4. The van der Waals surface area contributed by atoms with Gasteiger partial charge in [0.2, 0.25) is 0 Å². The van der Waals surface area contributed by atoms with Crippen LogP contribution in [0.3, 0.4) is 0 Å². The largest absolute Gasteiger partial charge is 0.494 e. The van der Waals surface area contributed by atoms with Gasteiger partial charge in [-0.3, -0.25) is 4.79 Å². The minimum atomic E-state index is -0.618. The van der Waals surface area contributed by atoms with Crippen LogP contribution in [0, 0.1) is 29.6 Å². The lowest BCUT2D eigenvalue weighted by Gasteiger charge is -2.16. The van der Waals surface area contributed by atoms with E-state index in [9.17, 15) is 4.79 Å². The van der Waals surface area contributed by atoms with E-state index in [1.54, 1.807) is 0 Å². The Morgan fingerprint density at radius 3 is 2.36 bits per heavy atom. The predicted octanol–water partition coefficient (Wildman–Crippen LogP) is 4.72. The van der Waals surface area contributed by atoms with E-state index in [1.165, 1.54) is 0 Å². The number of hydrogen-bond acceptors (Lipinski definition) is 3. The summed E-state index contributed by atoms with van der Waals surface area (Å²) in [6, 6.07) is 7.80. The number of carbonyl (C=O) groups excluding carboxylic acids is 1. The highest BCUT2D eigenvalue weighted by Gasteiger charge is 2.60. The number of benzene rings is 1. The minimum Gasteiger partial charge on any atom is -0.494 e. The summed E-state index contributed by atoms with van der Waals surface area (Å²) >= 11 is 0. The summed E-state index contributed by atoms with van der Waals surface area (Å²) in [4.78, 5) is 12.4. The van der Waals surface area contributed by atoms with E-state index in [-0.39, 0.29) is 17.3 Å². The Morgan fingerprint density at radius 2 is 1.92 bits per heavy atom. The highest BCUT2D eigenvalue weighted by Crippen LogP contribution is 2.58. The first-order valence-corrected chi connectivity index (χ1v) is 8.95. The summed E-state index contributed by atoms with van der Waals surface area (Å²) < 4.78 is 11.1. The van der Waals surface area contributed by atoms with Crippen LogP contribution in [0.2, 0.25) is 0 Å². The summed E-state index contributed by atoms with van der Waals surface area (Å²) in [7, 11) is 0. The second kappa shape index (κ2) is 7.78. The van der Waals surface area contributed by atoms with Crippen molar-refractivity contribution in [3.63, 3.8) is 0 Å². The zero-order valence-electron chi connectivity index (χ0n) is 15.8. The van der Waals surface area contributed by atoms with Gasteiger partial charge in [0, 0.05) is 0 Å². The monoisotopic (exact) mass is 340 g/mol. The molecule has 0 amide bonds. The number of ether oxygens (including phenoxy) is 2. The SMILES string of the molecule is C#CC(OC(=O)C1C(C)C1(C)C)C(=Cc1ccc(OCC)cc1)CC. The summed E-state index contributed by atoms with van der Waals surface area (Å²) in [6.45, 7) is 10.9. The predicted molar refractivity (Wildman–Crippen MR) is 101 cm³/mol. The Kier molecular flexibility index (Phi) is 5.95. The fraction of sp³-hybridized carbons (Fsp3) is 0.500. The van der Waals surface area contributed by atoms with Gasteiger partial charge in [-0.15, -0.1) is 6.42 Å². The lowest BCUT2D eigenvalue weighted by molar-refractivity contribution is -0.147. The molecule has 1 aromatic rings. The van der Waals surface area contributed by atoms with Gasteiger partial charge in [0.25, 0.3) is 0 Å². The average Bonchev–Trinajstić information content (AvgIpc) is 3.10. The number of esters is 1. The lowest BCUT2D eigenvalue weighted by Crippen LogP contribution is -2.21. The van der Waals surface area contributed by atoms with Crippen molar-refractivity contribution in [2.75, 3.05) is 6.61 Å². The second-order valence-corrected chi connectivity index (χ2v) is 7.15. The van der Waals surface area contributed by atoms with E-state index >= 15 is 0 Å². The van der Waals surface area contributed by atoms with Gasteiger partial charge in [0.1, 0.15) is 5.75 Å². The summed E-state index contributed by atoms with van der Waals surface area (Å²) in [6.07, 6.45) is 7.75. The standard InChI is InChI=1S/C22H28O3/c1-7-17(14-16-10-12-18(13-11-16)24-9-3)19(8-2)25-21(23)20-15(4)22(20,5)6/h2,10-15,19-20H,7,9H2,1,3-6H3. The molecule has 3 unspecified atom stereocenters. The smallest absolute Gasteiger partial charge is 0.311 e. The molecular weight excluding hydrogens is 312 g/mol. The van der Waals surface area contributed by atoms with Gasteiger partial charge >= 0.3 is 5.97 Å². The normalized spacial score (nSPS) is 22.6. The molecule has 0 saturated heterocycles. The molecule has 1 saturated carbocycles. The molecule has 1 fully saturated rings. The van der Waals surface area contributed by atoms with Crippen LogP contribution in [-0.4, -0.2) is 18.7 Å². The highest BCUT2D eigenvalue weighted by molar-refractivity contribution is 5.78. The fourth-order valence-electron chi connectivity index (χ4n) is 3.21. The molecule has 25 heavy (non-hydrogen) atoms. The van der Waals surface area contributed by atoms with Crippen LogP contribution in [-0.2, 0) is 9.53 Å². The summed E-state index contributed by atoms with van der Waals surface area (Å²) in [5.74, 6) is 3.54. The first-order valence-electron chi connectivity index (χ1n) is 8.95. The number of carbonyl (C=O) groups is 1. The van der Waals surface area contributed by atoms with Crippen molar-refractivity contribution >= 4 is 12.0 Å². The Bertz CT molecular complexity index is 676. The van der Waals surface area contributed by atoms with Crippen LogP contribution in [0.15, 0.2) is 29.8 Å². The van der Waals surface area contributed by atoms with Gasteiger partial charge < -0.3 is 9.47 Å². The van der Waals surface area contributed by atoms with Gasteiger partial charge in [0.15, 0.2) is 6.10 Å².